The van der Waals surface area contributed by atoms with E-state index in [4.69, 9.17) is 0 Å². The van der Waals surface area contributed by atoms with Gasteiger partial charge in [-0.2, -0.15) is 0 Å². The summed E-state index contributed by atoms with van der Waals surface area (Å²) < 4.78 is 53.5. The third-order valence-electron chi connectivity index (χ3n) is 6.48. The molecule has 0 N–H and O–H groups in total. The van der Waals surface area contributed by atoms with Crippen molar-refractivity contribution in [1.29, 1.82) is 0 Å². The number of alkyl halides is 4. The van der Waals surface area contributed by atoms with Gasteiger partial charge in [0.05, 0.1) is 35.9 Å². The number of hydrogen-bond donors (Lipinski definition) is 0. The van der Waals surface area contributed by atoms with Crippen molar-refractivity contribution in [3.63, 3.8) is 0 Å². The van der Waals surface area contributed by atoms with Crippen molar-refractivity contribution in [1.82, 2.24) is 0 Å². The van der Waals surface area contributed by atoms with Gasteiger partial charge in [-0.1, -0.05) is 6.08 Å². The molecule has 8 heteroatoms. The zero-order chi connectivity index (χ0) is 20.1. The fraction of sp³-hybridized carbons (Fsp3) is 0.524. The number of hydrogen-bond acceptors (Lipinski definition) is 2. The average molecular weight is 510 g/mol. The van der Waals surface area contributed by atoms with Crippen LogP contribution in [0.3, 0.4) is 0 Å². The van der Waals surface area contributed by atoms with Crippen LogP contribution in [0, 0.1) is 5.92 Å². The largest absolute Gasteiger partial charge is 1.00 e. The number of piperidine rings is 1. The topological polar surface area (TPSA) is 0 Å². The predicted molar refractivity (Wildman–Crippen MR) is 107 cm³/mol. The van der Waals surface area contributed by atoms with E-state index in [2.05, 4.69) is 20.2 Å². The molecule has 4 heterocycles. The molecule has 2 saturated heterocycles. The number of quaternary nitrogens is 1. The maximum atomic E-state index is 13.1. The van der Waals surface area contributed by atoms with Gasteiger partial charge in [-0.3, -0.25) is 0 Å². The summed E-state index contributed by atoms with van der Waals surface area (Å²) in [6.45, 7) is 0. The molecule has 4 rings (SSSR count). The quantitative estimate of drug-likeness (QED) is 0.419. The van der Waals surface area contributed by atoms with Gasteiger partial charge in [-0.15, -0.1) is 22.7 Å². The second-order valence-electron chi connectivity index (χ2n) is 8.33. The third-order valence-corrected chi connectivity index (χ3v) is 8.73. The summed E-state index contributed by atoms with van der Waals surface area (Å²) in [5, 5.41) is 0. The Bertz CT molecular complexity index is 809. The maximum Gasteiger partial charge on any atom is 0.272 e. The van der Waals surface area contributed by atoms with Gasteiger partial charge in [0, 0.05) is 41.0 Å². The average Bonchev–Trinajstić information content (AvgIpc) is 3.31. The van der Waals surface area contributed by atoms with Crippen molar-refractivity contribution >= 4 is 28.2 Å². The van der Waals surface area contributed by atoms with Crippen LogP contribution in [0.5, 0.6) is 0 Å². The van der Waals surface area contributed by atoms with E-state index >= 15 is 0 Å². The molecule has 2 aromatic rings. The molecule has 0 saturated carbocycles. The number of halogens is 5. The lowest BCUT2D eigenvalue weighted by atomic mass is 9.87. The van der Waals surface area contributed by atoms with Crippen molar-refractivity contribution in [3.8, 4) is 0 Å². The monoisotopic (exact) mass is 509 g/mol. The number of fused-ring (bicyclic) bond motifs is 2. The SMILES string of the molecule is C[N+]1(C)[C@@H]2CC[C@H]1CC(C=C(c1ccc(C(F)F)s1)c1ccc(C(F)F)s1)C2.[Br-]. The van der Waals surface area contributed by atoms with Crippen LogP contribution < -0.4 is 17.0 Å². The summed E-state index contributed by atoms with van der Waals surface area (Å²) in [4.78, 5) is 1.52. The Morgan fingerprint density at radius 2 is 1.34 bits per heavy atom. The second kappa shape index (κ2) is 8.81. The summed E-state index contributed by atoms with van der Waals surface area (Å²) in [6.07, 6.45) is 1.72. The summed E-state index contributed by atoms with van der Waals surface area (Å²) >= 11 is 2.13. The molecule has 1 nitrogen and oxygen atoms in total. The molecule has 0 aliphatic carbocycles. The van der Waals surface area contributed by atoms with E-state index in [0.29, 0.717) is 18.0 Å². The Kier molecular flexibility index (Phi) is 6.98. The number of rotatable bonds is 5. The first-order chi connectivity index (χ1) is 13.3. The van der Waals surface area contributed by atoms with E-state index in [9.17, 15) is 17.6 Å². The van der Waals surface area contributed by atoms with Gasteiger partial charge >= 0.3 is 0 Å². The van der Waals surface area contributed by atoms with Crippen molar-refractivity contribution in [2.45, 2.75) is 50.6 Å². The van der Waals surface area contributed by atoms with Gasteiger partial charge in [-0.25, -0.2) is 17.6 Å². The molecule has 2 aliphatic rings. The lowest BCUT2D eigenvalue weighted by Gasteiger charge is -2.43. The van der Waals surface area contributed by atoms with E-state index in [1.807, 2.05) is 0 Å². The maximum absolute atomic E-state index is 13.1. The zero-order valence-corrected chi connectivity index (χ0v) is 19.5. The van der Waals surface area contributed by atoms with Gasteiger partial charge in [-0.05, 0) is 30.2 Å². The minimum atomic E-state index is -2.51. The molecule has 29 heavy (non-hydrogen) atoms. The Morgan fingerprint density at radius 1 is 0.897 bits per heavy atom. The highest BCUT2D eigenvalue weighted by molar-refractivity contribution is 7.15. The number of thiophene rings is 2. The molecule has 3 atom stereocenters. The highest BCUT2D eigenvalue weighted by Crippen LogP contribution is 2.45. The summed E-state index contributed by atoms with van der Waals surface area (Å²) in [7, 11) is 4.59. The Morgan fingerprint density at radius 3 is 1.72 bits per heavy atom. The van der Waals surface area contributed by atoms with Crippen LogP contribution in [0.2, 0.25) is 0 Å². The Balaban J connectivity index is 0.00000240. The third kappa shape index (κ3) is 4.50. The Hall–Kier alpha value is -0.700. The van der Waals surface area contributed by atoms with Crippen LogP contribution in [-0.2, 0) is 0 Å². The zero-order valence-electron chi connectivity index (χ0n) is 16.3. The highest BCUT2D eigenvalue weighted by atomic mass is 79.9. The molecular formula is C21H24BrF4NS2. The molecule has 0 radical (unpaired) electrons. The van der Waals surface area contributed by atoms with Crippen LogP contribution in [-0.4, -0.2) is 30.7 Å². The molecule has 1 unspecified atom stereocenters. The smallest absolute Gasteiger partial charge is 0.272 e. The lowest BCUT2D eigenvalue weighted by molar-refractivity contribution is -0.931. The molecule has 0 amide bonds. The van der Waals surface area contributed by atoms with Crippen LogP contribution in [0.4, 0.5) is 17.6 Å². The van der Waals surface area contributed by atoms with Crippen molar-refractivity contribution in [2.75, 3.05) is 14.1 Å². The van der Waals surface area contributed by atoms with Gasteiger partial charge in [0.2, 0.25) is 0 Å². The van der Waals surface area contributed by atoms with Crippen molar-refractivity contribution in [2.24, 2.45) is 5.92 Å². The fourth-order valence-electron chi connectivity index (χ4n) is 4.81. The molecule has 160 valence electrons. The minimum Gasteiger partial charge on any atom is -1.00 e. The van der Waals surface area contributed by atoms with E-state index in [-0.39, 0.29) is 26.7 Å². The van der Waals surface area contributed by atoms with Crippen LogP contribution in [0.15, 0.2) is 30.3 Å². The summed E-state index contributed by atoms with van der Waals surface area (Å²) in [5.41, 5.74) is 0.838. The first-order valence-electron chi connectivity index (χ1n) is 9.57. The first kappa shape index (κ1) is 23.0. The van der Waals surface area contributed by atoms with E-state index in [0.717, 1.165) is 55.3 Å². The fourth-order valence-corrected chi connectivity index (χ4v) is 6.68. The molecule has 0 spiro atoms. The highest BCUT2D eigenvalue weighted by Gasteiger charge is 2.48. The lowest BCUT2D eigenvalue weighted by Crippen LogP contribution is -3.00. The Labute approximate surface area is 187 Å². The minimum absolute atomic E-state index is 0. The van der Waals surface area contributed by atoms with E-state index < -0.39 is 12.9 Å². The standard InChI is InChI=1S/C21H24F4NS2.BrH/c1-26(2)13-3-4-14(26)10-12(9-13)11-15(16-5-7-18(27-16)20(22)23)17-6-8-19(28-17)21(24)25;/h5-8,11-14,20-21H,3-4,9-10H2,1-2H3;1H/q+1;/p-1/t12?,13-,14+;. The number of nitrogens with zero attached hydrogens (tertiary/aromatic N) is 1. The molecule has 0 aromatic carbocycles. The first-order valence-corrected chi connectivity index (χ1v) is 11.2. The van der Waals surface area contributed by atoms with Gasteiger partial charge < -0.3 is 21.5 Å². The van der Waals surface area contributed by atoms with Crippen molar-refractivity contribution in [3.05, 3.63) is 49.9 Å². The normalized spacial score (nSPS) is 25.3. The number of allylic oxidation sites excluding steroid dienone is 1. The molecule has 2 aliphatic heterocycles. The molecule has 2 bridgehead atoms. The molecular weight excluding hydrogens is 486 g/mol. The predicted octanol–water partition coefficient (Wildman–Crippen LogP) is 4.14. The van der Waals surface area contributed by atoms with E-state index in [1.165, 1.54) is 25.0 Å². The van der Waals surface area contributed by atoms with E-state index in [1.54, 1.807) is 12.1 Å². The van der Waals surface area contributed by atoms with Crippen LogP contribution >= 0.6 is 22.7 Å². The van der Waals surface area contributed by atoms with Gasteiger partial charge in [0.1, 0.15) is 0 Å². The van der Waals surface area contributed by atoms with Gasteiger partial charge in [0.15, 0.2) is 0 Å². The van der Waals surface area contributed by atoms with Crippen LogP contribution in [0.25, 0.3) is 5.57 Å². The summed E-state index contributed by atoms with van der Waals surface area (Å²) in [6, 6.07) is 7.53. The van der Waals surface area contributed by atoms with Crippen molar-refractivity contribution < 1.29 is 39.0 Å². The van der Waals surface area contributed by atoms with Crippen LogP contribution in [0.1, 0.15) is 58.0 Å². The second-order valence-corrected chi connectivity index (χ2v) is 10.6. The van der Waals surface area contributed by atoms with Gasteiger partial charge in [0.25, 0.3) is 12.9 Å². The molecule has 2 aromatic heterocycles. The molecule has 2 fully saturated rings. The summed E-state index contributed by atoms with van der Waals surface area (Å²) in [5.74, 6) is 0.354.